The number of hydrogen-bond donors (Lipinski definition) is 0. The number of nitrogens with zero attached hydrogens (tertiary/aromatic N) is 2. The summed E-state index contributed by atoms with van der Waals surface area (Å²) >= 11 is 18.4. The lowest BCUT2D eigenvalue weighted by Gasteiger charge is -2.19. The Morgan fingerprint density at radius 2 is 1.72 bits per heavy atom. The first-order valence-electron chi connectivity index (χ1n) is 8.24. The molecule has 0 bridgehead atoms. The molecule has 1 unspecified atom stereocenters. The Bertz CT molecular complexity index is 798. The summed E-state index contributed by atoms with van der Waals surface area (Å²) in [5.74, 6) is 0.448. The molecule has 0 aliphatic heterocycles. The van der Waals surface area contributed by atoms with Crippen molar-refractivity contribution in [3.05, 3.63) is 87.4 Å². The van der Waals surface area contributed by atoms with E-state index < -0.39 is 0 Å². The van der Waals surface area contributed by atoms with Crippen molar-refractivity contribution in [2.24, 2.45) is 5.92 Å². The Kier molecular flexibility index (Phi) is 6.41. The maximum Gasteiger partial charge on any atom is 0.0945 e. The Hall–Kier alpha value is -1.48. The Balaban J connectivity index is 1.71. The number of imidazole rings is 1. The van der Waals surface area contributed by atoms with Gasteiger partial charge in [-0.25, -0.2) is 4.98 Å². The van der Waals surface area contributed by atoms with E-state index in [1.54, 1.807) is 0 Å². The van der Waals surface area contributed by atoms with E-state index >= 15 is 0 Å². The minimum atomic E-state index is 0.448. The van der Waals surface area contributed by atoms with E-state index in [9.17, 15) is 0 Å². The van der Waals surface area contributed by atoms with E-state index in [-0.39, 0.29) is 0 Å². The second-order valence-corrected chi connectivity index (χ2v) is 7.51. The van der Waals surface area contributed by atoms with Crippen LogP contribution < -0.4 is 0 Å². The van der Waals surface area contributed by atoms with Crippen LogP contribution in [0.4, 0.5) is 0 Å². The maximum atomic E-state index is 6.37. The van der Waals surface area contributed by atoms with Crippen molar-refractivity contribution in [1.82, 2.24) is 9.55 Å². The van der Waals surface area contributed by atoms with Gasteiger partial charge in [-0.2, -0.15) is 0 Å². The molecule has 0 amide bonds. The number of aryl methyl sites for hydroxylation is 1. The van der Waals surface area contributed by atoms with Crippen LogP contribution in [0.1, 0.15) is 17.5 Å². The first-order chi connectivity index (χ1) is 12.1. The summed E-state index contributed by atoms with van der Waals surface area (Å²) in [6.07, 6.45) is 8.63. The number of benzene rings is 2. The van der Waals surface area contributed by atoms with Crippen LogP contribution in [-0.4, -0.2) is 9.55 Å². The van der Waals surface area contributed by atoms with Crippen LogP contribution in [0.3, 0.4) is 0 Å². The minimum Gasteiger partial charge on any atom is -0.337 e. The standard InChI is InChI=1S/C20H19Cl3N2/c21-18-6-3-15(4-7-18)1-2-16(13-25-10-9-24-14-25)11-17-5-8-19(22)12-20(17)23/h3-10,12,14,16H,1-2,11,13H2. The highest BCUT2D eigenvalue weighted by Gasteiger charge is 2.13. The lowest BCUT2D eigenvalue weighted by atomic mass is 9.92. The van der Waals surface area contributed by atoms with Crippen LogP contribution in [0.25, 0.3) is 0 Å². The molecule has 0 spiro atoms. The summed E-state index contributed by atoms with van der Waals surface area (Å²) in [4.78, 5) is 4.14. The monoisotopic (exact) mass is 392 g/mol. The molecule has 3 aromatic rings. The van der Waals surface area contributed by atoms with Crippen LogP contribution in [0.15, 0.2) is 61.2 Å². The lowest BCUT2D eigenvalue weighted by Crippen LogP contribution is -2.14. The topological polar surface area (TPSA) is 17.8 Å². The zero-order valence-electron chi connectivity index (χ0n) is 13.7. The van der Waals surface area contributed by atoms with E-state index in [1.807, 2.05) is 49.1 Å². The molecule has 0 aliphatic carbocycles. The van der Waals surface area contributed by atoms with Crippen molar-refractivity contribution in [3.63, 3.8) is 0 Å². The van der Waals surface area contributed by atoms with Gasteiger partial charge in [0, 0.05) is 34.0 Å². The summed E-state index contributed by atoms with van der Waals surface area (Å²) in [5, 5.41) is 2.17. The molecule has 0 fully saturated rings. The third kappa shape index (κ3) is 5.50. The summed E-state index contributed by atoms with van der Waals surface area (Å²) in [6.45, 7) is 0.909. The SMILES string of the molecule is Clc1ccc(CCC(Cc2ccc(Cl)cc2Cl)Cn2ccnc2)cc1. The van der Waals surface area contributed by atoms with Crippen LogP contribution in [0.5, 0.6) is 0 Å². The normalized spacial score (nSPS) is 12.3. The predicted octanol–water partition coefficient (Wildman–Crippen LogP) is 6.34. The van der Waals surface area contributed by atoms with E-state index in [4.69, 9.17) is 34.8 Å². The number of rotatable bonds is 7. The molecule has 0 saturated carbocycles. The van der Waals surface area contributed by atoms with Gasteiger partial charge >= 0.3 is 0 Å². The Morgan fingerprint density at radius 3 is 2.40 bits per heavy atom. The molecule has 5 heteroatoms. The van der Waals surface area contributed by atoms with Gasteiger partial charge in [-0.3, -0.25) is 0 Å². The molecule has 1 aromatic heterocycles. The fourth-order valence-corrected chi connectivity index (χ4v) is 3.58. The maximum absolute atomic E-state index is 6.37. The molecular weight excluding hydrogens is 375 g/mol. The van der Waals surface area contributed by atoms with Crippen molar-refractivity contribution in [3.8, 4) is 0 Å². The van der Waals surface area contributed by atoms with E-state index in [0.717, 1.165) is 41.4 Å². The fourth-order valence-electron chi connectivity index (χ4n) is 2.97. The fraction of sp³-hybridized carbons (Fsp3) is 0.250. The Labute approximate surface area is 163 Å². The second-order valence-electron chi connectivity index (χ2n) is 6.23. The minimum absolute atomic E-state index is 0.448. The van der Waals surface area contributed by atoms with Crippen LogP contribution in [0.2, 0.25) is 15.1 Å². The van der Waals surface area contributed by atoms with Gasteiger partial charge in [0.25, 0.3) is 0 Å². The summed E-state index contributed by atoms with van der Waals surface area (Å²) in [5.41, 5.74) is 2.43. The van der Waals surface area contributed by atoms with Crippen LogP contribution in [-0.2, 0) is 19.4 Å². The van der Waals surface area contributed by atoms with Gasteiger partial charge in [-0.05, 0) is 60.6 Å². The second kappa shape index (κ2) is 8.75. The smallest absolute Gasteiger partial charge is 0.0945 e. The number of aromatic nitrogens is 2. The van der Waals surface area contributed by atoms with Gasteiger partial charge in [0.05, 0.1) is 6.33 Å². The van der Waals surface area contributed by atoms with Crippen LogP contribution >= 0.6 is 34.8 Å². The van der Waals surface area contributed by atoms with Gasteiger partial charge in [-0.1, -0.05) is 53.0 Å². The summed E-state index contributed by atoms with van der Waals surface area (Å²) in [6, 6.07) is 13.8. The van der Waals surface area contributed by atoms with Gasteiger partial charge in [0.15, 0.2) is 0 Å². The zero-order chi connectivity index (χ0) is 17.6. The van der Waals surface area contributed by atoms with Crippen molar-refractivity contribution in [1.29, 1.82) is 0 Å². The molecule has 1 heterocycles. The quantitative estimate of drug-likeness (QED) is 0.458. The molecule has 0 radical (unpaired) electrons. The van der Waals surface area contributed by atoms with Gasteiger partial charge < -0.3 is 4.57 Å². The third-order valence-electron chi connectivity index (χ3n) is 4.31. The first kappa shape index (κ1) is 18.3. The molecule has 3 rings (SSSR count). The molecule has 25 heavy (non-hydrogen) atoms. The molecular formula is C20H19Cl3N2. The highest BCUT2D eigenvalue weighted by Crippen LogP contribution is 2.26. The van der Waals surface area contributed by atoms with Gasteiger partial charge in [0.2, 0.25) is 0 Å². The van der Waals surface area contributed by atoms with E-state index in [0.29, 0.717) is 10.9 Å². The molecule has 0 aliphatic rings. The van der Waals surface area contributed by atoms with Gasteiger partial charge in [-0.15, -0.1) is 0 Å². The predicted molar refractivity (Wildman–Crippen MR) is 106 cm³/mol. The van der Waals surface area contributed by atoms with Crippen LogP contribution in [0, 0.1) is 5.92 Å². The average molecular weight is 394 g/mol. The summed E-state index contributed by atoms with van der Waals surface area (Å²) in [7, 11) is 0. The number of halogens is 3. The molecule has 2 aromatic carbocycles. The lowest BCUT2D eigenvalue weighted by molar-refractivity contribution is 0.412. The van der Waals surface area contributed by atoms with E-state index in [1.165, 1.54) is 5.56 Å². The highest BCUT2D eigenvalue weighted by atomic mass is 35.5. The number of hydrogen-bond acceptors (Lipinski definition) is 1. The highest BCUT2D eigenvalue weighted by molar-refractivity contribution is 6.35. The first-order valence-corrected chi connectivity index (χ1v) is 9.37. The van der Waals surface area contributed by atoms with Gasteiger partial charge in [0.1, 0.15) is 0 Å². The molecule has 0 saturated heterocycles. The van der Waals surface area contributed by atoms with Crippen molar-refractivity contribution < 1.29 is 0 Å². The molecule has 1 atom stereocenters. The molecule has 0 N–H and O–H groups in total. The molecule has 2 nitrogen and oxygen atoms in total. The third-order valence-corrected chi connectivity index (χ3v) is 5.15. The average Bonchev–Trinajstić information content (AvgIpc) is 3.09. The van der Waals surface area contributed by atoms with Crippen molar-refractivity contribution in [2.45, 2.75) is 25.8 Å². The van der Waals surface area contributed by atoms with E-state index in [2.05, 4.69) is 21.7 Å². The summed E-state index contributed by atoms with van der Waals surface area (Å²) < 4.78 is 2.12. The van der Waals surface area contributed by atoms with Crippen molar-refractivity contribution >= 4 is 34.8 Å². The molecule has 130 valence electrons. The largest absolute Gasteiger partial charge is 0.337 e. The van der Waals surface area contributed by atoms with Crippen molar-refractivity contribution in [2.75, 3.05) is 0 Å². The zero-order valence-corrected chi connectivity index (χ0v) is 16.0. The Morgan fingerprint density at radius 1 is 0.960 bits per heavy atom.